The first-order valence-corrected chi connectivity index (χ1v) is 9.23. The zero-order valence-electron chi connectivity index (χ0n) is 17.2. The maximum absolute atomic E-state index is 12.8. The average molecular weight is 406 g/mol. The molecule has 2 aromatic rings. The summed E-state index contributed by atoms with van der Waals surface area (Å²) in [6, 6.07) is 6.46. The lowest BCUT2D eigenvalue weighted by Crippen LogP contribution is -2.14. The van der Waals surface area contributed by atoms with Crippen molar-refractivity contribution in [2.45, 2.75) is 40.5 Å². The molecule has 0 heterocycles. The van der Waals surface area contributed by atoms with Gasteiger partial charge < -0.3 is 9.64 Å². The molecule has 4 nitrogen and oxygen atoms in total. The molecule has 0 aliphatic rings. The number of aliphatic imine (C=N–C) groups is 1. The second kappa shape index (κ2) is 9.11. The number of alkyl halides is 3. The Balaban J connectivity index is 2.21. The van der Waals surface area contributed by atoms with Gasteiger partial charge in [-0.2, -0.15) is 13.2 Å². The molecule has 156 valence electrons. The highest BCUT2D eigenvalue weighted by atomic mass is 19.4. The number of carbonyl (C=O) groups excluding carboxylic acids is 1. The van der Waals surface area contributed by atoms with E-state index in [0.717, 1.165) is 41.1 Å². The van der Waals surface area contributed by atoms with Crippen molar-refractivity contribution >= 4 is 18.0 Å². The molecule has 0 fully saturated rings. The molecule has 0 aliphatic heterocycles. The van der Waals surface area contributed by atoms with Gasteiger partial charge in [0.05, 0.1) is 23.2 Å². The van der Waals surface area contributed by atoms with E-state index in [1.165, 1.54) is 12.1 Å². The zero-order valence-corrected chi connectivity index (χ0v) is 17.2. The van der Waals surface area contributed by atoms with E-state index in [1.807, 2.05) is 32.7 Å². The summed E-state index contributed by atoms with van der Waals surface area (Å²) in [7, 11) is 1.92. The topological polar surface area (TPSA) is 41.9 Å². The third kappa shape index (κ3) is 5.59. The summed E-state index contributed by atoms with van der Waals surface area (Å²) < 4.78 is 43.7. The molecule has 0 spiro atoms. The van der Waals surface area contributed by atoms with E-state index in [4.69, 9.17) is 4.74 Å². The van der Waals surface area contributed by atoms with Gasteiger partial charge in [-0.3, -0.25) is 0 Å². The molecule has 2 rings (SSSR count). The van der Waals surface area contributed by atoms with Crippen molar-refractivity contribution < 1.29 is 22.7 Å². The van der Waals surface area contributed by atoms with Crippen LogP contribution in [0.4, 0.5) is 18.9 Å². The molecule has 7 heteroatoms. The highest BCUT2D eigenvalue weighted by molar-refractivity contribution is 5.93. The average Bonchev–Trinajstić information content (AvgIpc) is 2.68. The molecule has 0 N–H and O–H groups in total. The van der Waals surface area contributed by atoms with Gasteiger partial charge in [0.25, 0.3) is 0 Å². The number of aryl methyl sites for hydroxylation is 1. The van der Waals surface area contributed by atoms with Gasteiger partial charge in [0.1, 0.15) is 6.61 Å². The van der Waals surface area contributed by atoms with E-state index in [2.05, 4.69) is 4.99 Å². The number of rotatable bonds is 6. The minimum Gasteiger partial charge on any atom is -0.457 e. The molecule has 2 aromatic carbocycles. The van der Waals surface area contributed by atoms with Crippen LogP contribution in [0.1, 0.15) is 45.1 Å². The fourth-order valence-electron chi connectivity index (χ4n) is 2.78. The maximum atomic E-state index is 12.8. The van der Waals surface area contributed by atoms with Crippen molar-refractivity contribution in [3.8, 4) is 0 Å². The smallest absolute Gasteiger partial charge is 0.416 e. The van der Waals surface area contributed by atoms with Gasteiger partial charge in [-0.1, -0.05) is 12.1 Å². The van der Waals surface area contributed by atoms with Gasteiger partial charge in [0, 0.05) is 13.6 Å². The number of hydrogen-bond acceptors (Lipinski definition) is 3. The summed E-state index contributed by atoms with van der Waals surface area (Å²) in [5, 5.41) is 0. The van der Waals surface area contributed by atoms with E-state index in [9.17, 15) is 18.0 Å². The molecule has 0 bridgehead atoms. The number of esters is 1. The van der Waals surface area contributed by atoms with Crippen LogP contribution < -0.4 is 0 Å². The van der Waals surface area contributed by atoms with E-state index in [-0.39, 0.29) is 12.2 Å². The predicted molar refractivity (Wildman–Crippen MR) is 108 cm³/mol. The van der Waals surface area contributed by atoms with Gasteiger partial charge in [0.2, 0.25) is 0 Å². The Bertz CT molecular complexity index is 921. The number of benzene rings is 2. The lowest BCUT2D eigenvalue weighted by molar-refractivity contribution is -0.137. The Morgan fingerprint density at radius 1 is 1.17 bits per heavy atom. The molecule has 0 radical (unpaired) electrons. The minimum atomic E-state index is -4.44. The quantitative estimate of drug-likeness (QED) is 0.356. The third-order valence-electron chi connectivity index (χ3n) is 4.78. The Hall–Kier alpha value is -2.83. The van der Waals surface area contributed by atoms with Crippen LogP contribution in [0.5, 0.6) is 0 Å². The summed E-state index contributed by atoms with van der Waals surface area (Å²) in [5.41, 5.74) is 3.09. The third-order valence-corrected chi connectivity index (χ3v) is 4.78. The number of nitrogens with zero attached hydrogens (tertiary/aromatic N) is 2. The predicted octanol–water partition coefficient (Wildman–Crippen LogP) is 5.60. The number of carbonyl (C=O) groups is 1. The van der Waals surface area contributed by atoms with E-state index in [0.29, 0.717) is 5.56 Å². The summed E-state index contributed by atoms with van der Waals surface area (Å²) in [4.78, 5) is 19.0. The Morgan fingerprint density at radius 2 is 1.86 bits per heavy atom. The van der Waals surface area contributed by atoms with E-state index < -0.39 is 17.7 Å². The lowest BCUT2D eigenvalue weighted by atomic mass is 9.97. The molecule has 0 saturated heterocycles. The molecule has 0 saturated carbocycles. The monoisotopic (exact) mass is 406 g/mol. The molecule has 0 aliphatic carbocycles. The fraction of sp³-hybridized carbons (Fsp3) is 0.364. The van der Waals surface area contributed by atoms with Crippen molar-refractivity contribution in [3.63, 3.8) is 0 Å². The van der Waals surface area contributed by atoms with Crippen LogP contribution in [0.2, 0.25) is 0 Å². The van der Waals surface area contributed by atoms with Gasteiger partial charge >= 0.3 is 12.1 Å². The Kier molecular flexibility index (Phi) is 7.06. The SMILES string of the molecule is CCN(C)/C=N/c1c(C)cc(C(=O)OCc2cccc(C(F)(F)F)c2)c(C)c1C. The normalized spacial score (nSPS) is 11.7. The van der Waals surface area contributed by atoms with Crippen LogP contribution in [0.3, 0.4) is 0 Å². The second-order valence-electron chi connectivity index (χ2n) is 6.93. The Labute approximate surface area is 169 Å². The number of halogens is 3. The molecular weight excluding hydrogens is 381 g/mol. The maximum Gasteiger partial charge on any atom is 0.416 e. The molecule has 0 amide bonds. The van der Waals surface area contributed by atoms with E-state index >= 15 is 0 Å². The van der Waals surface area contributed by atoms with Crippen LogP contribution in [0, 0.1) is 20.8 Å². The minimum absolute atomic E-state index is 0.235. The molecule has 29 heavy (non-hydrogen) atoms. The summed E-state index contributed by atoms with van der Waals surface area (Å²) in [6.45, 7) is 8.14. The van der Waals surface area contributed by atoms with Crippen molar-refractivity contribution in [2.75, 3.05) is 13.6 Å². The van der Waals surface area contributed by atoms with E-state index in [1.54, 1.807) is 19.3 Å². The summed E-state index contributed by atoms with van der Waals surface area (Å²) >= 11 is 0. The first-order chi connectivity index (χ1) is 13.5. The lowest BCUT2D eigenvalue weighted by Gasteiger charge is -2.15. The summed E-state index contributed by atoms with van der Waals surface area (Å²) in [5.74, 6) is -0.577. The Morgan fingerprint density at radius 3 is 2.48 bits per heavy atom. The molecule has 0 atom stereocenters. The van der Waals surface area contributed by atoms with Gasteiger partial charge in [-0.25, -0.2) is 9.79 Å². The number of ether oxygens (including phenoxy) is 1. The van der Waals surface area contributed by atoms with Crippen LogP contribution in [0.15, 0.2) is 35.3 Å². The van der Waals surface area contributed by atoms with Gasteiger partial charge in [0.15, 0.2) is 0 Å². The highest BCUT2D eigenvalue weighted by Gasteiger charge is 2.30. The highest BCUT2D eigenvalue weighted by Crippen LogP contribution is 2.31. The molecule has 0 aromatic heterocycles. The number of hydrogen-bond donors (Lipinski definition) is 0. The second-order valence-corrected chi connectivity index (χ2v) is 6.93. The van der Waals surface area contributed by atoms with Crippen LogP contribution >= 0.6 is 0 Å². The van der Waals surface area contributed by atoms with Crippen molar-refractivity contribution in [1.29, 1.82) is 0 Å². The van der Waals surface area contributed by atoms with Gasteiger partial charge in [-0.15, -0.1) is 0 Å². The zero-order chi connectivity index (χ0) is 21.8. The first kappa shape index (κ1) is 22.5. The molecule has 0 unspecified atom stereocenters. The van der Waals surface area contributed by atoms with Crippen molar-refractivity contribution in [2.24, 2.45) is 4.99 Å². The first-order valence-electron chi connectivity index (χ1n) is 9.23. The largest absolute Gasteiger partial charge is 0.457 e. The van der Waals surface area contributed by atoms with Crippen LogP contribution in [0.25, 0.3) is 0 Å². The molecular formula is C22H25F3N2O2. The standard InChI is InChI=1S/C22H25F3N2O2/c1-6-27(5)13-26-20-14(2)10-19(15(3)16(20)4)21(28)29-12-17-8-7-9-18(11-17)22(23,24)25/h7-11,13H,6,12H2,1-5H3/b26-13+. The van der Waals surface area contributed by atoms with Crippen LogP contribution in [-0.4, -0.2) is 30.8 Å². The van der Waals surface area contributed by atoms with Gasteiger partial charge in [-0.05, 0) is 68.1 Å². The van der Waals surface area contributed by atoms with Crippen molar-refractivity contribution in [1.82, 2.24) is 4.90 Å². The summed E-state index contributed by atoms with van der Waals surface area (Å²) in [6.07, 6.45) is -2.70. The van der Waals surface area contributed by atoms with Crippen LogP contribution in [-0.2, 0) is 17.5 Å². The fourth-order valence-corrected chi connectivity index (χ4v) is 2.78. The van der Waals surface area contributed by atoms with Crippen molar-refractivity contribution in [3.05, 3.63) is 63.7 Å².